The molecule has 86 valence electrons. The van der Waals surface area contributed by atoms with E-state index < -0.39 is 12.6 Å². The van der Waals surface area contributed by atoms with Crippen LogP contribution in [0, 0.1) is 0 Å². The first kappa shape index (κ1) is 12.2. The van der Waals surface area contributed by atoms with Crippen molar-refractivity contribution in [1.29, 1.82) is 0 Å². The average molecular weight is 224 g/mol. The Kier molecular flexibility index (Phi) is 5.05. The molecular weight excluding hydrogens is 211 g/mol. The number of hydrogen-bond donors (Lipinski definition) is 0. The number of ether oxygens (including phenoxy) is 2. The van der Waals surface area contributed by atoms with Crippen LogP contribution in [0.3, 0.4) is 0 Å². The van der Waals surface area contributed by atoms with Gasteiger partial charge in [0, 0.05) is 0 Å². The summed E-state index contributed by atoms with van der Waals surface area (Å²) in [5.41, 5.74) is -0.181. The van der Waals surface area contributed by atoms with Crippen molar-refractivity contribution in [1.82, 2.24) is 0 Å². The smallest absolute Gasteiger partial charge is 0.336 e. The molecule has 16 heavy (non-hydrogen) atoms. The van der Waals surface area contributed by atoms with Crippen molar-refractivity contribution < 1.29 is 18.7 Å². The normalized spacial score (nSPS) is 9.56. The monoisotopic (exact) mass is 224 g/mol. The number of benzene rings is 1. The summed E-state index contributed by atoms with van der Waals surface area (Å²) in [6.07, 6.45) is 0. The minimum absolute atomic E-state index is 0.0761. The fraction of sp³-hybridized carbons (Fsp3) is 0.250. The second-order valence-electron chi connectivity index (χ2n) is 3.03. The fourth-order valence-electron chi connectivity index (χ4n) is 0.967. The van der Waals surface area contributed by atoms with E-state index >= 15 is 0 Å². The Morgan fingerprint density at radius 2 is 1.94 bits per heavy atom. The Balaban J connectivity index is 2.17. The van der Waals surface area contributed by atoms with E-state index in [4.69, 9.17) is 9.47 Å². The molecule has 0 aliphatic heterocycles. The van der Waals surface area contributed by atoms with Crippen molar-refractivity contribution in [2.45, 2.75) is 0 Å². The highest BCUT2D eigenvalue weighted by Crippen LogP contribution is 2.07. The first-order chi connectivity index (χ1) is 7.74. The van der Waals surface area contributed by atoms with Crippen molar-refractivity contribution in [3.63, 3.8) is 0 Å². The molecule has 1 aromatic rings. The highest BCUT2D eigenvalue weighted by molar-refractivity contribution is 5.87. The molecule has 0 atom stereocenters. The summed E-state index contributed by atoms with van der Waals surface area (Å²) in [5, 5.41) is 0. The molecule has 0 N–H and O–H groups in total. The third-order valence-corrected chi connectivity index (χ3v) is 1.78. The van der Waals surface area contributed by atoms with Crippen LogP contribution in [0.15, 0.2) is 42.5 Å². The lowest BCUT2D eigenvalue weighted by atomic mass is 10.3. The van der Waals surface area contributed by atoms with E-state index in [1.807, 2.05) is 18.2 Å². The highest BCUT2D eigenvalue weighted by atomic mass is 19.1. The van der Waals surface area contributed by atoms with Crippen molar-refractivity contribution in [2.24, 2.45) is 0 Å². The van der Waals surface area contributed by atoms with E-state index in [1.54, 1.807) is 12.1 Å². The van der Waals surface area contributed by atoms with E-state index in [0.29, 0.717) is 5.75 Å². The number of halogens is 1. The Morgan fingerprint density at radius 3 is 2.56 bits per heavy atom. The molecule has 0 amide bonds. The largest absolute Gasteiger partial charge is 0.490 e. The van der Waals surface area contributed by atoms with Crippen LogP contribution in [0.4, 0.5) is 4.39 Å². The van der Waals surface area contributed by atoms with Crippen LogP contribution >= 0.6 is 0 Å². The van der Waals surface area contributed by atoms with Crippen molar-refractivity contribution in [3.05, 3.63) is 42.5 Å². The van der Waals surface area contributed by atoms with Gasteiger partial charge in [0.2, 0.25) is 0 Å². The lowest BCUT2D eigenvalue weighted by Gasteiger charge is -2.07. The first-order valence-corrected chi connectivity index (χ1v) is 4.82. The lowest BCUT2D eigenvalue weighted by Crippen LogP contribution is -2.14. The zero-order valence-corrected chi connectivity index (χ0v) is 8.82. The van der Waals surface area contributed by atoms with Gasteiger partial charge in [-0.15, -0.1) is 0 Å². The van der Waals surface area contributed by atoms with Crippen molar-refractivity contribution in [2.75, 3.05) is 19.9 Å². The first-order valence-electron chi connectivity index (χ1n) is 4.82. The lowest BCUT2D eigenvalue weighted by molar-refractivity contribution is -0.139. The Labute approximate surface area is 93.5 Å². The minimum Gasteiger partial charge on any atom is -0.490 e. The van der Waals surface area contributed by atoms with Crippen LogP contribution in [-0.4, -0.2) is 25.9 Å². The molecule has 1 aromatic carbocycles. The van der Waals surface area contributed by atoms with Crippen LogP contribution < -0.4 is 4.74 Å². The molecule has 4 heteroatoms. The number of hydrogen-bond acceptors (Lipinski definition) is 3. The summed E-state index contributed by atoms with van der Waals surface area (Å²) < 4.78 is 22.0. The molecule has 0 aliphatic rings. The molecule has 0 fully saturated rings. The number of esters is 1. The molecule has 0 spiro atoms. The molecule has 1 rings (SSSR count). The number of rotatable bonds is 6. The van der Waals surface area contributed by atoms with Gasteiger partial charge < -0.3 is 9.47 Å². The zero-order chi connectivity index (χ0) is 11.8. The molecule has 0 radical (unpaired) electrons. The number of alkyl halides is 1. The molecule has 0 saturated heterocycles. The van der Waals surface area contributed by atoms with Gasteiger partial charge in [-0.05, 0) is 12.1 Å². The van der Waals surface area contributed by atoms with E-state index in [-0.39, 0.29) is 18.8 Å². The quantitative estimate of drug-likeness (QED) is 0.422. The van der Waals surface area contributed by atoms with E-state index in [0.717, 1.165) is 0 Å². The van der Waals surface area contributed by atoms with Crippen LogP contribution in [0.5, 0.6) is 5.75 Å². The van der Waals surface area contributed by atoms with Crippen LogP contribution in [0.2, 0.25) is 0 Å². The third kappa shape index (κ3) is 4.13. The molecular formula is C12H13FO3. The predicted molar refractivity (Wildman–Crippen MR) is 58.0 cm³/mol. The zero-order valence-electron chi connectivity index (χ0n) is 8.82. The van der Waals surface area contributed by atoms with Gasteiger partial charge in [-0.2, -0.15) is 0 Å². The van der Waals surface area contributed by atoms with Gasteiger partial charge in [0.05, 0.1) is 5.57 Å². The maximum Gasteiger partial charge on any atom is 0.336 e. The Hall–Kier alpha value is -1.84. The Morgan fingerprint density at radius 1 is 1.25 bits per heavy atom. The molecule has 0 unspecified atom stereocenters. The van der Waals surface area contributed by atoms with Crippen LogP contribution in [0.1, 0.15) is 0 Å². The van der Waals surface area contributed by atoms with Gasteiger partial charge >= 0.3 is 5.97 Å². The molecule has 0 bridgehead atoms. The van der Waals surface area contributed by atoms with Gasteiger partial charge in [-0.3, -0.25) is 0 Å². The van der Waals surface area contributed by atoms with Crippen molar-refractivity contribution in [3.8, 4) is 5.75 Å². The van der Waals surface area contributed by atoms with Gasteiger partial charge in [0.1, 0.15) is 25.6 Å². The molecule has 0 heterocycles. The summed E-state index contributed by atoms with van der Waals surface area (Å²) in [6, 6.07) is 9.14. The maximum atomic E-state index is 12.0. The van der Waals surface area contributed by atoms with E-state index in [2.05, 4.69) is 6.58 Å². The predicted octanol–water partition coefficient (Wildman–Crippen LogP) is 2.13. The van der Waals surface area contributed by atoms with Crippen LogP contribution in [-0.2, 0) is 9.53 Å². The maximum absolute atomic E-state index is 12.0. The Bertz CT molecular complexity index is 349. The highest BCUT2D eigenvalue weighted by Gasteiger charge is 2.07. The third-order valence-electron chi connectivity index (χ3n) is 1.78. The van der Waals surface area contributed by atoms with Gasteiger partial charge in [0.15, 0.2) is 0 Å². The van der Waals surface area contributed by atoms with Gasteiger partial charge in [-0.25, -0.2) is 9.18 Å². The summed E-state index contributed by atoms with van der Waals surface area (Å²) in [6.45, 7) is 2.64. The molecule has 0 aliphatic carbocycles. The van der Waals surface area contributed by atoms with Crippen molar-refractivity contribution >= 4 is 5.97 Å². The number of para-hydroxylation sites is 1. The number of carbonyl (C=O) groups is 1. The van der Waals surface area contributed by atoms with E-state index in [1.165, 1.54) is 0 Å². The molecule has 3 nitrogen and oxygen atoms in total. The van der Waals surface area contributed by atoms with Gasteiger partial charge in [0.25, 0.3) is 0 Å². The van der Waals surface area contributed by atoms with E-state index in [9.17, 15) is 9.18 Å². The molecule has 0 aromatic heterocycles. The molecule has 0 saturated carbocycles. The minimum atomic E-state index is -0.891. The summed E-state index contributed by atoms with van der Waals surface area (Å²) in [7, 11) is 0. The standard InChI is InChI=1S/C12H13FO3/c1-10(9-13)12(14)16-8-7-15-11-5-3-2-4-6-11/h2-6H,1,7-9H2. The topological polar surface area (TPSA) is 35.5 Å². The summed E-state index contributed by atoms with van der Waals surface area (Å²) in [5.74, 6) is -0.0259. The fourth-order valence-corrected chi connectivity index (χ4v) is 0.967. The SMILES string of the molecule is C=C(CF)C(=O)OCCOc1ccccc1. The second-order valence-corrected chi connectivity index (χ2v) is 3.03. The second kappa shape index (κ2) is 6.61. The summed E-state index contributed by atoms with van der Waals surface area (Å²) >= 11 is 0. The van der Waals surface area contributed by atoms with Crippen LogP contribution in [0.25, 0.3) is 0 Å². The summed E-state index contributed by atoms with van der Waals surface area (Å²) in [4.78, 5) is 11.0. The van der Waals surface area contributed by atoms with Gasteiger partial charge in [-0.1, -0.05) is 24.8 Å². The number of carbonyl (C=O) groups excluding carboxylic acids is 1. The average Bonchev–Trinajstić information content (AvgIpc) is 2.34.